The van der Waals surface area contributed by atoms with Gasteiger partial charge in [-0.2, -0.15) is 0 Å². The van der Waals surface area contributed by atoms with Crippen molar-refractivity contribution in [2.75, 3.05) is 6.61 Å². The van der Waals surface area contributed by atoms with Crippen molar-refractivity contribution in [3.63, 3.8) is 0 Å². The largest absolute Gasteiger partial charge is 0.508 e. The van der Waals surface area contributed by atoms with Gasteiger partial charge in [0.1, 0.15) is 23.7 Å². The minimum absolute atomic E-state index is 0.0244. The van der Waals surface area contributed by atoms with E-state index in [2.05, 4.69) is 46.8 Å². The highest BCUT2D eigenvalue weighted by molar-refractivity contribution is 5.75. The maximum Gasteiger partial charge on any atom is 0.311 e. The Hall–Kier alpha value is -1.97. The van der Waals surface area contributed by atoms with E-state index in [1.54, 1.807) is 0 Å². The van der Waals surface area contributed by atoms with Crippen LogP contribution in [0, 0.1) is 11.3 Å². The Kier molecular flexibility index (Phi) is 7.79. The fraction of sp³-hybridized carbons (Fsp3) is 0.700. The zero-order valence-electron chi connectivity index (χ0n) is 22.7. The molecule has 0 amide bonds. The third-order valence-corrected chi connectivity index (χ3v) is 7.82. The molecule has 2 aliphatic rings. The van der Waals surface area contributed by atoms with Gasteiger partial charge in [0.05, 0.1) is 5.41 Å². The molecule has 0 saturated heterocycles. The van der Waals surface area contributed by atoms with Gasteiger partial charge < -0.3 is 14.6 Å². The Morgan fingerprint density at radius 3 is 2.50 bits per heavy atom. The minimum atomic E-state index is -0.511. The number of carbonyl (C=O) groups is 1. The molecule has 0 spiro atoms. The molecule has 1 heterocycles. The monoisotopic (exact) mass is 470 g/mol. The van der Waals surface area contributed by atoms with Crippen LogP contribution in [0.2, 0.25) is 0 Å². The lowest BCUT2D eigenvalue weighted by Gasteiger charge is -2.47. The lowest BCUT2D eigenvalue weighted by atomic mass is 9.66. The molecule has 1 aliphatic heterocycles. The highest BCUT2D eigenvalue weighted by Gasteiger charge is 2.46. The number of rotatable bonds is 8. The Bertz CT molecular complexity index is 916. The number of allylic oxidation sites excluding steroid dienone is 1. The van der Waals surface area contributed by atoms with Crippen LogP contribution in [-0.2, 0) is 14.9 Å². The first-order valence-corrected chi connectivity index (χ1v) is 13.2. The maximum atomic E-state index is 12.3. The number of phenolic OH excluding ortho intramolecular Hbond substituents is 1. The van der Waals surface area contributed by atoms with Crippen LogP contribution < -0.4 is 4.74 Å². The number of fused-ring (bicyclic) bond motifs is 3. The highest BCUT2D eigenvalue weighted by Crippen LogP contribution is 2.55. The average molecular weight is 471 g/mol. The van der Waals surface area contributed by atoms with Gasteiger partial charge in [-0.3, -0.25) is 4.79 Å². The van der Waals surface area contributed by atoms with Crippen LogP contribution in [0.1, 0.15) is 117 Å². The second-order valence-electron chi connectivity index (χ2n) is 12.6. The molecule has 0 radical (unpaired) electrons. The summed E-state index contributed by atoms with van der Waals surface area (Å²) in [7, 11) is 0. The van der Waals surface area contributed by atoms with Crippen molar-refractivity contribution < 1.29 is 19.4 Å². The number of esters is 1. The van der Waals surface area contributed by atoms with Crippen molar-refractivity contribution in [3.05, 3.63) is 34.9 Å². The fourth-order valence-corrected chi connectivity index (χ4v) is 5.49. The molecule has 4 nitrogen and oxygen atoms in total. The van der Waals surface area contributed by atoms with Gasteiger partial charge in [0.2, 0.25) is 0 Å². The summed E-state index contributed by atoms with van der Waals surface area (Å²) in [5.74, 6) is 1.38. The molecular formula is C30H46O4. The van der Waals surface area contributed by atoms with E-state index in [4.69, 9.17) is 9.47 Å². The molecule has 1 aliphatic carbocycles. The zero-order valence-corrected chi connectivity index (χ0v) is 22.7. The summed E-state index contributed by atoms with van der Waals surface area (Å²) in [6.07, 6.45) is 9.87. The lowest BCUT2D eigenvalue weighted by Crippen LogP contribution is -2.45. The molecule has 2 atom stereocenters. The van der Waals surface area contributed by atoms with E-state index in [0.29, 0.717) is 12.4 Å². The predicted octanol–water partition coefficient (Wildman–Crippen LogP) is 7.82. The molecule has 1 aromatic rings. The predicted molar refractivity (Wildman–Crippen MR) is 139 cm³/mol. The number of ether oxygens (including phenoxy) is 2. The van der Waals surface area contributed by atoms with Gasteiger partial charge in [0.25, 0.3) is 0 Å². The summed E-state index contributed by atoms with van der Waals surface area (Å²) in [6, 6.07) is 4.14. The van der Waals surface area contributed by atoms with E-state index < -0.39 is 5.41 Å². The van der Waals surface area contributed by atoms with Crippen LogP contribution in [-0.4, -0.2) is 23.3 Å². The first-order chi connectivity index (χ1) is 15.8. The van der Waals surface area contributed by atoms with Crippen LogP contribution in [0.25, 0.3) is 0 Å². The summed E-state index contributed by atoms with van der Waals surface area (Å²) in [4.78, 5) is 12.3. The van der Waals surface area contributed by atoms with Crippen molar-refractivity contribution in [3.8, 4) is 11.5 Å². The molecule has 34 heavy (non-hydrogen) atoms. The van der Waals surface area contributed by atoms with Crippen LogP contribution in [0.3, 0.4) is 0 Å². The Balaban J connectivity index is 1.85. The molecule has 1 aromatic carbocycles. The SMILES string of the molecule is CCCCCCC(C)(C)c1cc(O)c2c(c1)OC(C)(C)[C@H]1CC=C(COC(=O)C(C)(C)C)C[C@H]21. The quantitative estimate of drug-likeness (QED) is 0.239. The van der Waals surface area contributed by atoms with Gasteiger partial charge in [-0.05, 0) is 82.6 Å². The van der Waals surface area contributed by atoms with Crippen molar-refractivity contribution >= 4 is 5.97 Å². The molecule has 1 N–H and O–H groups in total. The van der Waals surface area contributed by atoms with Crippen LogP contribution in [0.4, 0.5) is 0 Å². The van der Waals surface area contributed by atoms with E-state index in [1.165, 1.54) is 25.7 Å². The van der Waals surface area contributed by atoms with E-state index >= 15 is 0 Å². The standard InChI is InChI=1S/C30H46O4/c1-9-10-11-12-15-29(5,6)21-17-24(31)26-22-16-20(19-33-27(32)28(2,3)4)13-14-23(22)30(7,8)34-25(26)18-21/h13,17-18,22-23,31H,9-12,14-16,19H2,1-8H3/t22-,23-/m0/s1. The maximum absolute atomic E-state index is 12.3. The molecule has 0 aromatic heterocycles. The summed E-state index contributed by atoms with van der Waals surface area (Å²) in [6.45, 7) is 17.0. The third kappa shape index (κ3) is 5.80. The normalized spacial score (nSPS) is 21.7. The smallest absolute Gasteiger partial charge is 0.311 e. The van der Waals surface area contributed by atoms with Gasteiger partial charge >= 0.3 is 5.97 Å². The second-order valence-corrected chi connectivity index (χ2v) is 12.6. The van der Waals surface area contributed by atoms with Gasteiger partial charge in [-0.1, -0.05) is 52.5 Å². The Labute approximate surface area is 207 Å². The number of hydrogen-bond donors (Lipinski definition) is 1. The topological polar surface area (TPSA) is 55.8 Å². The molecule has 190 valence electrons. The lowest BCUT2D eigenvalue weighted by molar-refractivity contribution is -0.152. The minimum Gasteiger partial charge on any atom is -0.508 e. The van der Waals surface area contributed by atoms with E-state index in [-0.39, 0.29) is 28.8 Å². The molecular weight excluding hydrogens is 424 g/mol. The number of phenols is 1. The molecule has 0 fully saturated rings. The molecule has 0 unspecified atom stereocenters. The summed E-state index contributed by atoms with van der Waals surface area (Å²) in [5.41, 5.74) is 2.31. The third-order valence-electron chi connectivity index (χ3n) is 7.82. The molecule has 0 saturated carbocycles. The fourth-order valence-electron chi connectivity index (χ4n) is 5.49. The van der Waals surface area contributed by atoms with Gasteiger partial charge in [-0.15, -0.1) is 0 Å². The highest BCUT2D eigenvalue weighted by atomic mass is 16.5. The number of aromatic hydroxyl groups is 1. The van der Waals surface area contributed by atoms with Gasteiger partial charge in [0.15, 0.2) is 0 Å². The number of benzene rings is 1. The summed E-state index contributed by atoms with van der Waals surface area (Å²) < 4.78 is 12.2. The second kappa shape index (κ2) is 9.95. The van der Waals surface area contributed by atoms with Crippen LogP contribution >= 0.6 is 0 Å². The first kappa shape index (κ1) is 26.6. The summed E-state index contributed by atoms with van der Waals surface area (Å²) in [5, 5.41) is 11.2. The zero-order chi connectivity index (χ0) is 25.3. The Morgan fingerprint density at radius 1 is 1.15 bits per heavy atom. The molecule has 4 heteroatoms. The van der Waals surface area contributed by atoms with E-state index in [1.807, 2.05) is 26.8 Å². The van der Waals surface area contributed by atoms with Crippen LogP contribution in [0.15, 0.2) is 23.8 Å². The van der Waals surface area contributed by atoms with Crippen molar-refractivity contribution in [1.29, 1.82) is 0 Å². The van der Waals surface area contributed by atoms with Gasteiger partial charge in [0, 0.05) is 17.4 Å². The number of unbranched alkanes of at least 4 members (excludes halogenated alkanes) is 3. The number of hydrogen-bond acceptors (Lipinski definition) is 4. The van der Waals surface area contributed by atoms with Crippen molar-refractivity contribution in [2.24, 2.45) is 11.3 Å². The molecule has 3 rings (SSSR count). The Morgan fingerprint density at radius 2 is 1.85 bits per heavy atom. The summed E-state index contributed by atoms with van der Waals surface area (Å²) >= 11 is 0. The van der Waals surface area contributed by atoms with Crippen molar-refractivity contribution in [1.82, 2.24) is 0 Å². The van der Waals surface area contributed by atoms with E-state index in [0.717, 1.165) is 41.7 Å². The average Bonchev–Trinajstić information content (AvgIpc) is 2.73. The van der Waals surface area contributed by atoms with Gasteiger partial charge in [-0.25, -0.2) is 0 Å². The van der Waals surface area contributed by atoms with Crippen LogP contribution in [0.5, 0.6) is 11.5 Å². The first-order valence-electron chi connectivity index (χ1n) is 13.2. The molecule has 0 bridgehead atoms. The van der Waals surface area contributed by atoms with E-state index in [9.17, 15) is 9.90 Å². The van der Waals surface area contributed by atoms with Crippen molar-refractivity contribution in [2.45, 2.75) is 117 Å². The number of carbonyl (C=O) groups excluding carboxylic acids is 1.